The maximum Gasteiger partial charge on any atom is 0.223 e. The van der Waals surface area contributed by atoms with E-state index in [4.69, 9.17) is 0 Å². The Labute approximate surface area is 123 Å². The van der Waals surface area contributed by atoms with Gasteiger partial charge in [-0.3, -0.25) is 9.69 Å². The number of nitrogens with zero attached hydrogens (tertiary/aromatic N) is 2. The number of hydrogen-bond donors (Lipinski definition) is 1. The summed E-state index contributed by atoms with van der Waals surface area (Å²) < 4.78 is 0. The first kappa shape index (κ1) is 15.8. The lowest BCUT2D eigenvalue weighted by Crippen LogP contribution is -2.47. The Bertz CT molecular complexity index is 318. The van der Waals surface area contributed by atoms with Gasteiger partial charge in [0.2, 0.25) is 5.91 Å². The largest absolute Gasteiger partial charge is 0.340 e. The lowest BCUT2D eigenvalue weighted by molar-refractivity contribution is -0.132. The maximum absolute atomic E-state index is 12.2. The second-order valence-corrected chi connectivity index (χ2v) is 7.48. The third-order valence-corrected chi connectivity index (χ3v) is 4.43. The van der Waals surface area contributed by atoms with Crippen LogP contribution in [0.5, 0.6) is 0 Å². The summed E-state index contributed by atoms with van der Waals surface area (Å²) in [5.74, 6) is 0.341. The predicted octanol–water partition coefficient (Wildman–Crippen LogP) is 1.71. The van der Waals surface area contributed by atoms with Crippen LogP contribution in [-0.4, -0.2) is 61.0 Å². The minimum absolute atomic E-state index is 0.341. The molecule has 0 aromatic carbocycles. The topological polar surface area (TPSA) is 35.6 Å². The van der Waals surface area contributed by atoms with Crippen molar-refractivity contribution >= 4 is 5.91 Å². The van der Waals surface area contributed by atoms with Crippen molar-refractivity contribution in [3.8, 4) is 0 Å². The fourth-order valence-corrected chi connectivity index (χ4v) is 3.44. The molecule has 2 fully saturated rings. The van der Waals surface area contributed by atoms with Crippen LogP contribution in [0.15, 0.2) is 0 Å². The van der Waals surface area contributed by atoms with E-state index in [-0.39, 0.29) is 0 Å². The molecule has 0 radical (unpaired) electrons. The summed E-state index contributed by atoms with van der Waals surface area (Å²) in [4.78, 5) is 16.8. The van der Waals surface area contributed by atoms with Crippen LogP contribution in [0.4, 0.5) is 0 Å². The number of hydrogen-bond acceptors (Lipinski definition) is 3. The van der Waals surface area contributed by atoms with E-state index in [1.807, 2.05) is 4.90 Å². The van der Waals surface area contributed by atoms with Crippen LogP contribution in [0, 0.1) is 5.41 Å². The molecule has 0 spiro atoms. The Morgan fingerprint density at radius 1 is 1.20 bits per heavy atom. The van der Waals surface area contributed by atoms with Crippen LogP contribution in [0.2, 0.25) is 0 Å². The zero-order chi connectivity index (χ0) is 14.6. The smallest absolute Gasteiger partial charge is 0.223 e. The molecule has 2 aliphatic heterocycles. The summed E-state index contributed by atoms with van der Waals surface area (Å²) in [5, 5.41) is 3.30. The van der Waals surface area contributed by atoms with Crippen LogP contribution in [0.3, 0.4) is 0 Å². The van der Waals surface area contributed by atoms with Gasteiger partial charge in [-0.05, 0) is 31.2 Å². The van der Waals surface area contributed by atoms with Crippen molar-refractivity contribution < 1.29 is 4.79 Å². The van der Waals surface area contributed by atoms with E-state index in [2.05, 4.69) is 31.0 Å². The molecule has 20 heavy (non-hydrogen) atoms. The van der Waals surface area contributed by atoms with Crippen molar-refractivity contribution in [2.75, 3.05) is 39.3 Å². The summed E-state index contributed by atoms with van der Waals surface area (Å²) in [5.41, 5.74) is 0.385. The first-order chi connectivity index (χ1) is 9.46. The average Bonchev–Trinajstić information content (AvgIpc) is 2.82. The number of carbonyl (C=O) groups is 1. The van der Waals surface area contributed by atoms with Crippen molar-refractivity contribution in [3.63, 3.8) is 0 Å². The quantitative estimate of drug-likeness (QED) is 0.852. The van der Waals surface area contributed by atoms with Crippen molar-refractivity contribution in [2.45, 2.75) is 52.5 Å². The average molecular weight is 281 g/mol. The maximum atomic E-state index is 12.2. The second-order valence-electron chi connectivity index (χ2n) is 7.48. The molecule has 0 aliphatic carbocycles. The van der Waals surface area contributed by atoms with E-state index in [9.17, 15) is 4.79 Å². The van der Waals surface area contributed by atoms with Crippen molar-refractivity contribution in [1.29, 1.82) is 0 Å². The fraction of sp³-hybridized carbons (Fsp3) is 0.938. The first-order valence-corrected chi connectivity index (χ1v) is 8.18. The number of piperazine rings is 1. The lowest BCUT2D eigenvalue weighted by Gasteiger charge is -2.31. The highest BCUT2D eigenvalue weighted by Crippen LogP contribution is 2.29. The van der Waals surface area contributed by atoms with Crippen LogP contribution in [0.25, 0.3) is 0 Å². The van der Waals surface area contributed by atoms with Gasteiger partial charge in [0.15, 0.2) is 0 Å². The molecule has 2 heterocycles. The summed E-state index contributed by atoms with van der Waals surface area (Å²) in [6, 6.07) is 0.686. The van der Waals surface area contributed by atoms with E-state index >= 15 is 0 Å². The minimum atomic E-state index is 0.341. The van der Waals surface area contributed by atoms with E-state index in [0.717, 1.165) is 32.7 Å². The van der Waals surface area contributed by atoms with Crippen LogP contribution in [0.1, 0.15) is 46.5 Å². The molecule has 1 unspecified atom stereocenters. The third kappa shape index (κ3) is 4.74. The van der Waals surface area contributed by atoms with Crippen molar-refractivity contribution in [1.82, 2.24) is 15.1 Å². The number of amides is 1. The SMILES string of the molecule is CC(C)(C)CC1CCCN1CCC(=O)N1CCNCC1. The van der Waals surface area contributed by atoms with Gasteiger partial charge >= 0.3 is 0 Å². The normalized spacial score (nSPS) is 25.1. The van der Waals surface area contributed by atoms with Crippen LogP contribution < -0.4 is 5.32 Å². The summed E-state index contributed by atoms with van der Waals surface area (Å²) in [6.45, 7) is 12.7. The fourth-order valence-electron chi connectivity index (χ4n) is 3.44. The van der Waals surface area contributed by atoms with Gasteiger partial charge in [-0.15, -0.1) is 0 Å². The van der Waals surface area contributed by atoms with Gasteiger partial charge in [-0.25, -0.2) is 0 Å². The molecule has 1 amide bonds. The minimum Gasteiger partial charge on any atom is -0.340 e. The molecule has 1 atom stereocenters. The number of carbonyl (C=O) groups excluding carboxylic acids is 1. The molecular weight excluding hydrogens is 250 g/mol. The van der Waals surface area contributed by atoms with Crippen LogP contribution >= 0.6 is 0 Å². The zero-order valence-electron chi connectivity index (χ0n) is 13.5. The number of likely N-dealkylation sites (tertiary alicyclic amines) is 1. The van der Waals surface area contributed by atoms with Crippen LogP contribution in [-0.2, 0) is 4.79 Å². The van der Waals surface area contributed by atoms with Gasteiger partial charge in [0, 0.05) is 45.2 Å². The summed E-state index contributed by atoms with van der Waals surface area (Å²) in [7, 11) is 0. The highest BCUT2D eigenvalue weighted by molar-refractivity contribution is 5.76. The second kappa shape index (κ2) is 6.90. The highest BCUT2D eigenvalue weighted by Gasteiger charge is 2.29. The van der Waals surface area contributed by atoms with E-state index in [1.165, 1.54) is 25.8 Å². The molecule has 2 saturated heterocycles. The Balaban J connectivity index is 1.76. The van der Waals surface area contributed by atoms with E-state index in [1.54, 1.807) is 0 Å². The number of rotatable bonds is 4. The number of nitrogens with one attached hydrogen (secondary N) is 1. The monoisotopic (exact) mass is 281 g/mol. The summed E-state index contributed by atoms with van der Waals surface area (Å²) >= 11 is 0. The molecule has 4 nitrogen and oxygen atoms in total. The Morgan fingerprint density at radius 2 is 1.90 bits per heavy atom. The Hall–Kier alpha value is -0.610. The highest BCUT2D eigenvalue weighted by atomic mass is 16.2. The molecule has 2 rings (SSSR count). The van der Waals surface area contributed by atoms with Crippen molar-refractivity contribution in [3.05, 3.63) is 0 Å². The summed E-state index contributed by atoms with van der Waals surface area (Å²) in [6.07, 6.45) is 4.54. The molecular formula is C16H31N3O. The standard InChI is InChI=1S/C16H31N3O/c1-16(2,3)13-14-5-4-9-18(14)10-6-15(20)19-11-7-17-8-12-19/h14,17H,4-13H2,1-3H3. The Kier molecular flexibility index (Phi) is 5.44. The van der Waals surface area contributed by atoms with Gasteiger partial charge in [0.1, 0.15) is 0 Å². The third-order valence-electron chi connectivity index (χ3n) is 4.43. The van der Waals surface area contributed by atoms with Gasteiger partial charge in [-0.1, -0.05) is 20.8 Å². The molecule has 1 N–H and O–H groups in total. The molecule has 0 bridgehead atoms. The molecule has 2 aliphatic rings. The Morgan fingerprint density at radius 3 is 2.55 bits per heavy atom. The van der Waals surface area contributed by atoms with Gasteiger partial charge in [0.25, 0.3) is 0 Å². The zero-order valence-corrected chi connectivity index (χ0v) is 13.5. The molecule has 0 saturated carbocycles. The van der Waals surface area contributed by atoms with Gasteiger partial charge in [-0.2, -0.15) is 0 Å². The lowest BCUT2D eigenvalue weighted by atomic mass is 9.87. The van der Waals surface area contributed by atoms with Crippen molar-refractivity contribution in [2.24, 2.45) is 5.41 Å². The predicted molar refractivity (Wildman–Crippen MR) is 82.7 cm³/mol. The molecule has 4 heteroatoms. The van der Waals surface area contributed by atoms with Gasteiger partial charge in [0.05, 0.1) is 0 Å². The first-order valence-electron chi connectivity index (χ1n) is 8.18. The molecule has 0 aromatic heterocycles. The molecule has 0 aromatic rings. The van der Waals surface area contributed by atoms with E-state index < -0.39 is 0 Å². The molecule has 116 valence electrons. The van der Waals surface area contributed by atoms with Gasteiger partial charge < -0.3 is 10.2 Å². The van der Waals surface area contributed by atoms with E-state index in [0.29, 0.717) is 23.8 Å².